The number of nitrogens with one attached hydrogen (secondary N) is 1. The molecule has 1 atom stereocenters. The predicted molar refractivity (Wildman–Crippen MR) is 84.7 cm³/mol. The number of hydrogen-bond acceptors (Lipinski definition) is 4. The number of nitro benzene ring substituents is 1. The minimum atomic E-state index is -0.324. The summed E-state index contributed by atoms with van der Waals surface area (Å²) in [6.07, 6.45) is 3.33. The summed E-state index contributed by atoms with van der Waals surface area (Å²) in [5, 5.41) is 15.1. The van der Waals surface area contributed by atoms with Crippen molar-refractivity contribution in [3.05, 3.63) is 38.9 Å². The molecule has 1 aromatic carbocycles. The van der Waals surface area contributed by atoms with Gasteiger partial charge in [-0.15, -0.1) is 0 Å². The van der Waals surface area contributed by atoms with E-state index < -0.39 is 0 Å². The number of halogens is 1. The lowest BCUT2D eigenvalue weighted by Gasteiger charge is -2.34. The molecular weight excluding hydrogens is 290 g/mol. The highest BCUT2D eigenvalue weighted by Gasteiger charge is 2.23. The van der Waals surface area contributed by atoms with Crippen LogP contribution in [0.4, 0.5) is 5.69 Å². The van der Waals surface area contributed by atoms with Gasteiger partial charge in [0.1, 0.15) is 0 Å². The minimum absolute atomic E-state index is 0.157. The van der Waals surface area contributed by atoms with Crippen LogP contribution in [0, 0.1) is 10.1 Å². The predicted octanol–water partition coefficient (Wildman–Crippen LogP) is 3.21. The van der Waals surface area contributed by atoms with Crippen molar-refractivity contribution in [2.45, 2.75) is 38.8 Å². The van der Waals surface area contributed by atoms with Crippen LogP contribution in [0.3, 0.4) is 0 Å². The molecule has 1 N–H and O–H groups in total. The first-order chi connectivity index (χ1) is 10.1. The first-order valence-electron chi connectivity index (χ1n) is 7.49. The molecule has 2 rings (SSSR count). The van der Waals surface area contributed by atoms with Gasteiger partial charge < -0.3 is 5.32 Å². The number of rotatable bonds is 6. The molecule has 1 fully saturated rings. The Morgan fingerprint density at radius 1 is 1.52 bits per heavy atom. The molecule has 1 aliphatic rings. The maximum atomic E-state index is 11.2. The lowest BCUT2D eigenvalue weighted by molar-refractivity contribution is -0.385. The van der Waals surface area contributed by atoms with Crippen LogP contribution in [-0.4, -0.2) is 35.5 Å². The highest BCUT2D eigenvalue weighted by atomic mass is 35.5. The maximum absolute atomic E-state index is 11.2. The van der Waals surface area contributed by atoms with Gasteiger partial charge >= 0.3 is 0 Å². The van der Waals surface area contributed by atoms with Crippen molar-refractivity contribution < 1.29 is 4.92 Å². The van der Waals surface area contributed by atoms with Crippen LogP contribution in [0.15, 0.2) is 18.2 Å². The van der Waals surface area contributed by atoms with Crippen molar-refractivity contribution in [1.29, 1.82) is 0 Å². The van der Waals surface area contributed by atoms with E-state index in [4.69, 9.17) is 11.6 Å². The molecule has 0 bridgehead atoms. The number of nitrogens with zero attached hydrogens (tertiary/aromatic N) is 2. The van der Waals surface area contributed by atoms with Crippen molar-refractivity contribution in [1.82, 2.24) is 10.2 Å². The summed E-state index contributed by atoms with van der Waals surface area (Å²) in [7, 11) is 0. The third kappa shape index (κ3) is 4.40. The quantitative estimate of drug-likeness (QED) is 0.647. The van der Waals surface area contributed by atoms with Gasteiger partial charge in [-0.05, 0) is 44.5 Å². The Morgan fingerprint density at radius 3 is 2.95 bits per heavy atom. The highest BCUT2D eigenvalue weighted by Crippen LogP contribution is 2.25. The normalized spacial score (nSPS) is 18.9. The summed E-state index contributed by atoms with van der Waals surface area (Å²) in [4.78, 5) is 13.2. The molecular formula is C15H22ClN3O2. The third-order valence-corrected chi connectivity index (χ3v) is 4.14. The van der Waals surface area contributed by atoms with Crippen molar-refractivity contribution in [3.8, 4) is 0 Å². The monoisotopic (exact) mass is 311 g/mol. The molecule has 1 unspecified atom stereocenters. The van der Waals surface area contributed by atoms with E-state index in [0.29, 0.717) is 23.2 Å². The van der Waals surface area contributed by atoms with Crippen molar-refractivity contribution in [2.24, 2.45) is 0 Å². The molecule has 0 radical (unpaired) electrons. The fourth-order valence-corrected chi connectivity index (χ4v) is 3.10. The lowest BCUT2D eigenvalue weighted by atomic mass is 10.0. The van der Waals surface area contributed by atoms with Gasteiger partial charge in [0.15, 0.2) is 0 Å². The van der Waals surface area contributed by atoms with E-state index >= 15 is 0 Å². The van der Waals surface area contributed by atoms with Gasteiger partial charge in [0.2, 0.25) is 0 Å². The van der Waals surface area contributed by atoms with E-state index in [9.17, 15) is 10.1 Å². The topological polar surface area (TPSA) is 58.4 Å². The first-order valence-corrected chi connectivity index (χ1v) is 7.87. The molecule has 1 saturated heterocycles. The summed E-state index contributed by atoms with van der Waals surface area (Å²) in [6.45, 7) is 5.67. The average Bonchev–Trinajstić information content (AvgIpc) is 2.47. The van der Waals surface area contributed by atoms with Crippen LogP contribution in [0.1, 0.15) is 31.7 Å². The molecule has 21 heavy (non-hydrogen) atoms. The molecule has 6 heteroatoms. The minimum Gasteiger partial charge on any atom is -0.315 e. The molecule has 1 aliphatic heterocycles. The van der Waals surface area contributed by atoms with E-state index in [-0.39, 0.29) is 10.6 Å². The van der Waals surface area contributed by atoms with E-state index in [1.54, 1.807) is 12.1 Å². The van der Waals surface area contributed by atoms with Gasteiger partial charge in [-0.3, -0.25) is 15.0 Å². The average molecular weight is 312 g/mol. The van der Waals surface area contributed by atoms with Crippen LogP contribution in [-0.2, 0) is 6.54 Å². The van der Waals surface area contributed by atoms with E-state index in [1.165, 1.54) is 6.07 Å². The molecule has 0 spiro atoms. The van der Waals surface area contributed by atoms with Crippen molar-refractivity contribution >= 4 is 17.3 Å². The Bertz CT molecular complexity index is 490. The number of benzene rings is 1. The summed E-state index contributed by atoms with van der Waals surface area (Å²) in [5.41, 5.74) is 0.857. The highest BCUT2D eigenvalue weighted by molar-refractivity contribution is 6.30. The van der Waals surface area contributed by atoms with Crippen LogP contribution >= 0.6 is 11.6 Å². The fourth-order valence-electron chi connectivity index (χ4n) is 2.90. The Labute approximate surface area is 130 Å². The van der Waals surface area contributed by atoms with E-state index in [0.717, 1.165) is 38.9 Å². The molecule has 0 aromatic heterocycles. The summed E-state index contributed by atoms with van der Waals surface area (Å²) in [6, 6.07) is 5.24. The van der Waals surface area contributed by atoms with Gasteiger partial charge in [-0.25, -0.2) is 0 Å². The van der Waals surface area contributed by atoms with Crippen LogP contribution in [0.25, 0.3) is 0 Å². The second-order valence-electron chi connectivity index (χ2n) is 5.50. The molecule has 0 amide bonds. The van der Waals surface area contributed by atoms with Crippen LogP contribution in [0.5, 0.6) is 0 Å². The molecule has 0 aliphatic carbocycles. The number of hydrogen-bond donors (Lipinski definition) is 1. The van der Waals surface area contributed by atoms with Crippen molar-refractivity contribution in [2.75, 3.05) is 19.6 Å². The van der Waals surface area contributed by atoms with E-state index in [2.05, 4.69) is 17.1 Å². The number of nitro groups is 1. The van der Waals surface area contributed by atoms with Gasteiger partial charge in [0.25, 0.3) is 5.69 Å². The van der Waals surface area contributed by atoms with E-state index in [1.807, 2.05) is 0 Å². The Morgan fingerprint density at radius 2 is 2.33 bits per heavy atom. The lowest BCUT2D eigenvalue weighted by Crippen LogP contribution is -2.45. The Kier molecular flexibility index (Phi) is 5.96. The van der Waals surface area contributed by atoms with Gasteiger partial charge in [-0.2, -0.15) is 0 Å². The zero-order valence-corrected chi connectivity index (χ0v) is 13.1. The second kappa shape index (κ2) is 7.73. The second-order valence-corrected chi connectivity index (χ2v) is 5.94. The largest absolute Gasteiger partial charge is 0.315 e. The molecule has 1 heterocycles. The Hall–Kier alpha value is -1.17. The van der Waals surface area contributed by atoms with Crippen LogP contribution < -0.4 is 5.32 Å². The molecule has 1 aromatic rings. The fraction of sp³-hybridized carbons (Fsp3) is 0.600. The first kappa shape index (κ1) is 16.2. The maximum Gasteiger partial charge on any atom is 0.273 e. The SMILES string of the molecule is CCCN(Cc1cc(Cl)ccc1[N+](=O)[O-])C1CCCNC1. The van der Waals surface area contributed by atoms with Gasteiger partial charge in [-0.1, -0.05) is 18.5 Å². The molecule has 5 nitrogen and oxygen atoms in total. The summed E-state index contributed by atoms with van der Waals surface area (Å²) < 4.78 is 0. The molecule has 0 saturated carbocycles. The van der Waals surface area contributed by atoms with Crippen molar-refractivity contribution in [3.63, 3.8) is 0 Å². The number of piperidine rings is 1. The Balaban J connectivity index is 2.19. The zero-order valence-electron chi connectivity index (χ0n) is 12.3. The smallest absolute Gasteiger partial charge is 0.273 e. The summed E-state index contributed by atoms with van der Waals surface area (Å²) >= 11 is 6.01. The molecule has 116 valence electrons. The van der Waals surface area contributed by atoms with Gasteiger partial charge in [0.05, 0.1) is 4.92 Å². The zero-order chi connectivity index (χ0) is 15.2. The standard InChI is InChI=1S/C15H22ClN3O2/c1-2-8-18(14-4-3-7-17-10-14)11-12-9-13(16)5-6-15(12)19(20)21/h5-6,9,14,17H,2-4,7-8,10-11H2,1H3. The van der Waals surface area contributed by atoms with Gasteiger partial charge in [0, 0.05) is 35.8 Å². The summed E-state index contributed by atoms with van der Waals surface area (Å²) in [5.74, 6) is 0. The third-order valence-electron chi connectivity index (χ3n) is 3.91. The van der Waals surface area contributed by atoms with Crippen LogP contribution in [0.2, 0.25) is 5.02 Å².